The highest BCUT2D eigenvalue weighted by atomic mass is 19.3. The Balaban J connectivity index is 1.75. The van der Waals surface area contributed by atoms with E-state index in [1.54, 1.807) is 24.5 Å². The number of hydrogen-bond acceptors (Lipinski definition) is 6. The number of anilines is 1. The van der Waals surface area contributed by atoms with Crippen LogP contribution in [0.25, 0.3) is 0 Å². The second kappa shape index (κ2) is 8.68. The van der Waals surface area contributed by atoms with E-state index in [0.29, 0.717) is 32.0 Å². The van der Waals surface area contributed by atoms with Crippen molar-refractivity contribution in [3.8, 4) is 17.7 Å². The predicted molar refractivity (Wildman–Crippen MR) is 92.9 cm³/mol. The van der Waals surface area contributed by atoms with Crippen molar-refractivity contribution in [1.29, 1.82) is 5.26 Å². The van der Waals surface area contributed by atoms with Gasteiger partial charge in [0, 0.05) is 12.1 Å². The fourth-order valence-corrected chi connectivity index (χ4v) is 2.93. The van der Waals surface area contributed by atoms with Crippen molar-refractivity contribution in [2.45, 2.75) is 38.4 Å². The van der Waals surface area contributed by atoms with Crippen molar-refractivity contribution in [3.05, 3.63) is 35.7 Å². The average molecular weight is 378 g/mol. The lowest BCUT2D eigenvalue weighted by molar-refractivity contribution is -0.0521. The third kappa shape index (κ3) is 5.08. The summed E-state index contributed by atoms with van der Waals surface area (Å²) in [5.74, 6) is 0.732. The second-order valence-corrected chi connectivity index (χ2v) is 6.29. The van der Waals surface area contributed by atoms with Gasteiger partial charge >= 0.3 is 6.61 Å². The third-order valence-electron chi connectivity index (χ3n) is 4.26. The van der Waals surface area contributed by atoms with Crippen LogP contribution in [0, 0.1) is 11.5 Å². The number of alkyl halides is 2. The van der Waals surface area contributed by atoms with Crippen LogP contribution in [-0.4, -0.2) is 35.9 Å². The zero-order valence-electron chi connectivity index (χ0n) is 14.7. The molecule has 2 unspecified atom stereocenters. The summed E-state index contributed by atoms with van der Waals surface area (Å²) in [6, 6.07) is 4.97. The topological polar surface area (TPSA) is 92.2 Å². The first-order valence-corrected chi connectivity index (χ1v) is 8.57. The number of H-pyrrole nitrogens is 1. The number of aromatic nitrogens is 2. The smallest absolute Gasteiger partial charge is 0.387 e. The Morgan fingerprint density at radius 1 is 1.44 bits per heavy atom. The van der Waals surface area contributed by atoms with Gasteiger partial charge in [-0.2, -0.15) is 14.0 Å². The van der Waals surface area contributed by atoms with Crippen LogP contribution in [0.3, 0.4) is 0 Å². The summed E-state index contributed by atoms with van der Waals surface area (Å²) in [5.41, 5.74) is 1.76. The van der Waals surface area contributed by atoms with Gasteiger partial charge in [-0.1, -0.05) is 13.0 Å². The standard InChI is InChI=1S/C18H20F2N4O3/c1-11(6-13-8-22-18(24-13)23-10-21)12-2-3-15(27-17(19)20)16(7-12)26-14-4-5-25-9-14/h2-3,7-8,11,14,17H,4-6,9H2,1H3,(H2,22,23,24). The minimum atomic E-state index is -2.92. The highest BCUT2D eigenvalue weighted by Gasteiger charge is 2.21. The zero-order valence-corrected chi connectivity index (χ0v) is 14.7. The largest absolute Gasteiger partial charge is 0.484 e. The Bertz CT molecular complexity index is 800. The maximum Gasteiger partial charge on any atom is 0.387 e. The molecular weight excluding hydrogens is 358 g/mol. The number of ether oxygens (including phenoxy) is 3. The minimum Gasteiger partial charge on any atom is -0.484 e. The van der Waals surface area contributed by atoms with Gasteiger partial charge < -0.3 is 19.2 Å². The van der Waals surface area contributed by atoms with Crippen LogP contribution in [0.4, 0.5) is 14.7 Å². The van der Waals surface area contributed by atoms with E-state index in [4.69, 9.17) is 14.7 Å². The van der Waals surface area contributed by atoms with Gasteiger partial charge in [0.1, 0.15) is 6.10 Å². The highest BCUT2D eigenvalue weighted by molar-refractivity contribution is 5.44. The van der Waals surface area contributed by atoms with Crippen LogP contribution in [0.15, 0.2) is 24.4 Å². The number of nitrogens with one attached hydrogen (secondary N) is 2. The van der Waals surface area contributed by atoms with Crippen LogP contribution >= 0.6 is 0 Å². The molecule has 0 bridgehead atoms. The van der Waals surface area contributed by atoms with Crippen molar-refractivity contribution in [2.75, 3.05) is 18.5 Å². The number of benzene rings is 1. The van der Waals surface area contributed by atoms with E-state index in [2.05, 4.69) is 20.0 Å². The first-order valence-electron chi connectivity index (χ1n) is 8.57. The van der Waals surface area contributed by atoms with Gasteiger partial charge in [-0.3, -0.25) is 5.32 Å². The molecule has 7 nitrogen and oxygen atoms in total. The molecule has 0 amide bonds. The van der Waals surface area contributed by atoms with Gasteiger partial charge in [-0.15, -0.1) is 0 Å². The van der Waals surface area contributed by atoms with Crippen LogP contribution in [-0.2, 0) is 11.2 Å². The summed E-state index contributed by atoms with van der Waals surface area (Å²) in [4.78, 5) is 7.06. The SMILES string of the molecule is CC(Cc1cnc(NC#N)[nH]1)c1ccc(OC(F)F)c(OC2CCOC2)c1. The van der Waals surface area contributed by atoms with Gasteiger partial charge in [-0.05, 0) is 30.0 Å². The lowest BCUT2D eigenvalue weighted by Gasteiger charge is -2.19. The predicted octanol–water partition coefficient (Wildman–Crippen LogP) is 3.42. The number of nitrogens with zero attached hydrogens (tertiary/aromatic N) is 2. The van der Waals surface area contributed by atoms with Gasteiger partial charge in [-0.25, -0.2) is 4.98 Å². The zero-order chi connectivity index (χ0) is 19.2. The van der Waals surface area contributed by atoms with E-state index in [0.717, 1.165) is 11.3 Å². The van der Waals surface area contributed by atoms with E-state index < -0.39 is 6.61 Å². The van der Waals surface area contributed by atoms with Gasteiger partial charge in [0.15, 0.2) is 17.7 Å². The summed E-state index contributed by atoms with van der Waals surface area (Å²) in [7, 11) is 0. The fraction of sp³-hybridized carbons (Fsp3) is 0.444. The molecule has 2 atom stereocenters. The summed E-state index contributed by atoms with van der Waals surface area (Å²) >= 11 is 0. The van der Waals surface area contributed by atoms with Crippen molar-refractivity contribution in [2.24, 2.45) is 0 Å². The first-order chi connectivity index (χ1) is 13.0. The Hall–Kier alpha value is -2.86. The summed E-state index contributed by atoms with van der Waals surface area (Å²) in [5, 5.41) is 11.1. The molecule has 144 valence electrons. The van der Waals surface area contributed by atoms with Crippen LogP contribution in [0.1, 0.15) is 30.5 Å². The monoisotopic (exact) mass is 378 g/mol. The Morgan fingerprint density at radius 2 is 2.30 bits per heavy atom. The number of rotatable bonds is 8. The number of hydrogen-bond donors (Lipinski definition) is 2. The Morgan fingerprint density at radius 3 is 3.00 bits per heavy atom. The maximum absolute atomic E-state index is 12.7. The molecule has 1 fully saturated rings. The summed E-state index contributed by atoms with van der Waals surface area (Å²) in [6.45, 7) is 0.0944. The van der Waals surface area contributed by atoms with E-state index in [-0.39, 0.29) is 23.5 Å². The fourth-order valence-electron chi connectivity index (χ4n) is 2.93. The van der Waals surface area contributed by atoms with Crippen molar-refractivity contribution in [3.63, 3.8) is 0 Å². The number of imidazole rings is 1. The molecule has 3 rings (SSSR count). The van der Waals surface area contributed by atoms with Crippen LogP contribution < -0.4 is 14.8 Å². The molecule has 1 aliphatic rings. The first kappa shape index (κ1) is 18.9. The summed E-state index contributed by atoms with van der Waals surface area (Å²) in [6.07, 6.45) is 4.60. The lowest BCUT2D eigenvalue weighted by atomic mass is 9.96. The van der Waals surface area contributed by atoms with E-state index in [1.165, 1.54) is 6.07 Å². The third-order valence-corrected chi connectivity index (χ3v) is 4.26. The Labute approximate surface area is 155 Å². The van der Waals surface area contributed by atoms with Gasteiger partial charge in [0.05, 0.1) is 19.4 Å². The second-order valence-electron chi connectivity index (χ2n) is 6.29. The van der Waals surface area contributed by atoms with Crippen molar-refractivity contribution in [1.82, 2.24) is 9.97 Å². The molecule has 1 aromatic carbocycles. The van der Waals surface area contributed by atoms with Crippen LogP contribution in [0.2, 0.25) is 0 Å². The maximum atomic E-state index is 12.7. The molecule has 2 aromatic rings. The molecule has 2 heterocycles. The molecule has 0 radical (unpaired) electrons. The van der Waals surface area contributed by atoms with Crippen molar-refractivity contribution >= 4 is 5.95 Å². The molecule has 0 spiro atoms. The number of halogens is 2. The molecule has 2 N–H and O–H groups in total. The number of aromatic amines is 1. The molecule has 0 saturated carbocycles. The normalized spacial score (nSPS) is 17.5. The van der Waals surface area contributed by atoms with E-state index in [1.807, 2.05) is 6.92 Å². The van der Waals surface area contributed by atoms with Crippen LogP contribution in [0.5, 0.6) is 11.5 Å². The molecule has 27 heavy (non-hydrogen) atoms. The molecule has 1 aromatic heterocycles. The minimum absolute atomic E-state index is 0.00916. The summed E-state index contributed by atoms with van der Waals surface area (Å²) < 4.78 is 41.1. The number of nitriles is 1. The van der Waals surface area contributed by atoms with E-state index in [9.17, 15) is 8.78 Å². The Kier molecular flexibility index (Phi) is 6.08. The molecular formula is C18H20F2N4O3. The van der Waals surface area contributed by atoms with E-state index >= 15 is 0 Å². The molecule has 1 saturated heterocycles. The average Bonchev–Trinajstić information content (AvgIpc) is 3.28. The lowest BCUT2D eigenvalue weighted by Crippen LogP contribution is -2.17. The van der Waals surface area contributed by atoms with Crippen molar-refractivity contribution < 1.29 is 23.0 Å². The molecule has 1 aliphatic heterocycles. The van der Waals surface area contributed by atoms with Gasteiger partial charge in [0.25, 0.3) is 0 Å². The molecule has 9 heteroatoms. The van der Waals surface area contributed by atoms with Gasteiger partial charge in [0.2, 0.25) is 5.95 Å². The molecule has 0 aliphatic carbocycles. The highest BCUT2D eigenvalue weighted by Crippen LogP contribution is 2.34. The quantitative estimate of drug-likeness (QED) is 0.540.